The van der Waals surface area contributed by atoms with Crippen LogP contribution in [0.25, 0.3) is 0 Å². The molecule has 0 aromatic heterocycles. The zero-order valence-corrected chi connectivity index (χ0v) is 8.67. The molecule has 1 heterocycles. The van der Waals surface area contributed by atoms with Crippen LogP contribution < -0.4 is 5.48 Å². The quantitative estimate of drug-likeness (QED) is 0.682. The molecule has 0 fully saturated rings. The van der Waals surface area contributed by atoms with E-state index in [9.17, 15) is 0 Å². The SMILES string of the molecule is CC(C)(C)ONCC1CCC=CO1. The predicted molar refractivity (Wildman–Crippen MR) is 52.1 cm³/mol. The average Bonchev–Trinajstić information content (AvgIpc) is 2.04. The lowest BCUT2D eigenvalue weighted by molar-refractivity contribution is -0.0851. The fraction of sp³-hybridized carbons (Fsp3) is 0.800. The molecule has 76 valence electrons. The third kappa shape index (κ3) is 4.90. The van der Waals surface area contributed by atoms with E-state index in [4.69, 9.17) is 9.57 Å². The van der Waals surface area contributed by atoms with Gasteiger partial charge in [-0.25, -0.2) is 0 Å². The van der Waals surface area contributed by atoms with E-state index in [2.05, 4.69) is 5.48 Å². The second-order valence-corrected chi connectivity index (χ2v) is 4.27. The van der Waals surface area contributed by atoms with Gasteiger partial charge in [0.25, 0.3) is 0 Å². The number of hydrogen-bond acceptors (Lipinski definition) is 3. The monoisotopic (exact) mass is 185 g/mol. The van der Waals surface area contributed by atoms with E-state index in [1.54, 1.807) is 6.26 Å². The molecule has 0 saturated carbocycles. The van der Waals surface area contributed by atoms with E-state index in [1.807, 2.05) is 26.8 Å². The summed E-state index contributed by atoms with van der Waals surface area (Å²) in [6, 6.07) is 0. The van der Waals surface area contributed by atoms with Crippen molar-refractivity contribution in [2.45, 2.75) is 45.3 Å². The van der Waals surface area contributed by atoms with Crippen LogP contribution in [0, 0.1) is 0 Å². The smallest absolute Gasteiger partial charge is 0.113 e. The summed E-state index contributed by atoms with van der Waals surface area (Å²) in [7, 11) is 0. The minimum atomic E-state index is -0.134. The van der Waals surface area contributed by atoms with Gasteiger partial charge in [-0.15, -0.1) is 0 Å². The van der Waals surface area contributed by atoms with Crippen molar-refractivity contribution in [3.05, 3.63) is 12.3 Å². The predicted octanol–water partition coefficient (Wildman–Crippen LogP) is 2.00. The van der Waals surface area contributed by atoms with Crippen molar-refractivity contribution in [1.29, 1.82) is 0 Å². The molecule has 3 nitrogen and oxygen atoms in total. The highest BCUT2D eigenvalue weighted by Crippen LogP contribution is 2.10. The Balaban J connectivity index is 2.09. The maximum absolute atomic E-state index is 5.38. The highest BCUT2D eigenvalue weighted by Gasteiger charge is 2.14. The van der Waals surface area contributed by atoms with Gasteiger partial charge in [0.1, 0.15) is 6.10 Å². The van der Waals surface area contributed by atoms with E-state index in [0.717, 1.165) is 19.4 Å². The van der Waals surface area contributed by atoms with Gasteiger partial charge in [-0.3, -0.25) is 4.84 Å². The van der Waals surface area contributed by atoms with Gasteiger partial charge < -0.3 is 4.74 Å². The highest BCUT2D eigenvalue weighted by atomic mass is 16.7. The molecule has 1 atom stereocenters. The van der Waals surface area contributed by atoms with Gasteiger partial charge in [0.15, 0.2) is 0 Å². The van der Waals surface area contributed by atoms with Crippen LogP contribution in [0.3, 0.4) is 0 Å². The first-order valence-electron chi connectivity index (χ1n) is 4.79. The number of allylic oxidation sites excluding steroid dienone is 1. The van der Waals surface area contributed by atoms with Gasteiger partial charge in [-0.2, -0.15) is 5.48 Å². The van der Waals surface area contributed by atoms with Gasteiger partial charge in [0, 0.05) is 0 Å². The number of hydrogen-bond donors (Lipinski definition) is 1. The van der Waals surface area contributed by atoms with Crippen LogP contribution in [-0.4, -0.2) is 18.2 Å². The van der Waals surface area contributed by atoms with E-state index >= 15 is 0 Å². The first-order valence-corrected chi connectivity index (χ1v) is 4.79. The minimum absolute atomic E-state index is 0.134. The maximum Gasteiger partial charge on any atom is 0.113 e. The molecule has 1 aliphatic heterocycles. The summed E-state index contributed by atoms with van der Waals surface area (Å²) in [5, 5.41) is 0. The molecule has 0 aliphatic carbocycles. The first kappa shape index (κ1) is 10.5. The summed E-state index contributed by atoms with van der Waals surface area (Å²) in [6.45, 7) is 6.80. The number of hydroxylamine groups is 1. The van der Waals surface area contributed by atoms with Crippen molar-refractivity contribution in [3.8, 4) is 0 Å². The van der Waals surface area contributed by atoms with Crippen LogP contribution in [0.4, 0.5) is 0 Å². The zero-order valence-electron chi connectivity index (χ0n) is 8.67. The normalized spacial score (nSPS) is 22.8. The first-order chi connectivity index (χ1) is 6.08. The minimum Gasteiger partial charge on any atom is -0.497 e. The standard InChI is InChI=1S/C10H19NO2/c1-10(2,3)13-11-8-9-6-4-5-7-12-9/h5,7,9,11H,4,6,8H2,1-3H3. The van der Waals surface area contributed by atoms with Crippen molar-refractivity contribution in [2.24, 2.45) is 0 Å². The Hall–Kier alpha value is -0.540. The van der Waals surface area contributed by atoms with Crippen molar-refractivity contribution in [3.63, 3.8) is 0 Å². The van der Waals surface area contributed by atoms with E-state index in [-0.39, 0.29) is 11.7 Å². The summed E-state index contributed by atoms with van der Waals surface area (Å²) in [6.07, 6.45) is 6.24. The molecule has 3 heteroatoms. The molecule has 0 saturated heterocycles. The lowest BCUT2D eigenvalue weighted by Gasteiger charge is -2.23. The van der Waals surface area contributed by atoms with Crippen LogP contribution in [0.15, 0.2) is 12.3 Å². The Labute approximate surface area is 80.1 Å². The Kier molecular flexibility index (Phi) is 3.75. The molecule has 0 radical (unpaired) electrons. The summed E-state index contributed by atoms with van der Waals surface area (Å²) >= 11 is 0. The van der Waals surface area contributed by atoms with Gasteiger partial charge >= 0.3 is 0 Å². The summed E-state index contributed by atoms with van der Waals surface area (Å²) in [5.74, 6) is 0. The van der Waals surface area contributed by atoms with E-state index in [1.165, 1.54) is 0 Å². The lowest BCUT2D eigenvalue weighted by Crippen LogP contribution is -2.35. The summed E-state index contributed by atoms with van der Waals surface area (Å²) in [5.41, 5.74) is 2.80. The average molecular weight is 185 g/mol. The molecule has 0 amide bonds. The van der Waals surface area contributed by atoms with Gasteiger partial charge in [-0.1, -0.05) is 0 Å². The fourth-order valence-corrected chi connectivity index (χ4v) is 1.09. The second kappa shape index (κ2) is 4.63. The molecule has 1 N–H and O–H groups in total. The van der Waals surface area contributed by atoms with Crippen LogP contribution in [-0.2, 0) is 9.57 Å². The second-order valence-electron chi connectivity index (χ2n) is 4.27. The molecule has 1 unspecified atom stereocenters. The van der Waals surface area contributed by atoms with Crippen LogP contribution in [0.5, 0.6) is 0 Å². The molecule has 0 bridgehead atoms. The van der Waals surface area contributed by atoms with Crippen molar-refractivity contribution >= 4 is 0 Å². The van der Waals surface area contributed by atoms with Gasteiger partial charge in [-0.05, 0) is 39.7 Å². The summed E-state index contributed by atoms with van der Waals surface area (Å²) in [4.78, 5) is 5.38. The Morgan fingerprint density at radius 2 is 2.31 bits per heavy atom. The molecular formula is C10H19NO2. The van der Waals surface area contributed by atoms with Crippen LogP contribution in [0.1, 0.15) is 33.6 Å². The zero-order chi connectivity index (χ0) is 9.73. The molecule has 1 rings (SSSR count). The largest absolute Gasteiger partial charge is 0.497 e. The number of rotatable bonds is 3. The number of ether oxygens (including phenoxy) is 1. The molecule has 1 aliphatic rings. The Morgan fingerprint density at radius 3 is 2.85 bits per heavy atom. The molecular weight excluding hydrogens is 166 g/mol. The summed E-state index contributed by atoms with van der Waals surface area (Å²) < 4.78 is 5.37. The molecule has 0 aromatic carbocycles. The van der Waals surface area contributed by atoms with Crippen LogP contribution >= 0.6 is 0 Å². The lowest BCUT2D eigenvalue weighted by atomic mass is 10.1. The van der Waals surface area contributed by atoms with Crippen molar-refractivity contribution < 1.29 is 9.57 Å². The Bertz CT molecular complexity index is 172. The van der Waals surface area contributed by atoms with E-state index < -0.39 is 0 Å². The van der Waals surface area contributed by atoms with Gasteiger partial charge in [0.2, 0.25) is 0 Å². The topological polar surface area (TPSA) is 30.5 Å². The van der Waals surface area contributed by atoms with Crippen molar-refractivity contribution in [1.82, 2.24) is 5.48 Å². The highest BCUT2D eigenvalue weighted by molar-refractivity contribution is 4.82. The fourth-order valence-electron chi connectivity index (χ4n) is 1.09. The maximum atomic E-state index is 5.38. The molecule has 0 aromatic rings. The number of nitrogens with one attached hydrogen (secondary N) is 1. The van der Waals surface area contributed by atoms with Gasteiger partial charge in [0.05, 0.1) is 18.4 Å². The van der Waals surface area contributed by atoms with Crippen LogP contribution in [0.2, 0.25) is 0 Å². The molecule has 13 heavy (non-hydrogen) atoms. The Morgan fingerprint density at radius 1 is 1.54 bits per heavy atom. The third-order valence-corrected chi connectivity index (χ3v) is 1.71. The molecule has 0 spiro atoms. The van der Waals surface area contributed by atoms with E-state index in [0.29, 0.717) is 0 Å². The third-order valence-electron chi connectivity index (χ3n) is 1.71. The van der Waals surface area contributed by atoms with Crippen molar-refractivity contribution in [2.75, 3.05) is 6.54 Å².